The van der Waals surface area contributed by atoms with Gasteiger partial charge in [0.1, 0.15) is 0 Å². The maximum atomic E-state index is 6.62. The number of ether oxygens (including phenoxy) is 2. The van der Waals surface area contributed by atoms with Crippen LogP contribution >= 0.6 is 0 Å². The Morgan fingerprint density at radius 1 is 0.667 bits per heavy atom. The molecule has 9 heteroatoms. The van der Waals surface area contributed by atoms with Gasteiger partial charge in [0, 0.05) is 42.2 Å². The van der Waals surface area contributed by atoms with Gasteiger partial charge in [-0.15, -0.1) is 0 Å². The van der Waals surface area contributed by atoms with Crippen LogP contribution in [0.2, 0.25) is 0 Å². The van der Waals surface area contributed by atoms with Gasteiger partial charge in [-0.25, -0.2) is 4.98 Å². The van der Waals surface area contributed by atoms with Gasteiger partial charge in [0.25, 0.3) is 0 Å². The van der Waals surface area contributed by atoms with E-state index in [1.165, 1.54) is 0 Å². The highest BCUT2D eigenvalue weighted by molar-refractivity contribution is 5.87. The molecule has 0 amide bonds. The molecule has 8 rings (SSSR count). The molecule has 2 aliphatic rings. The Bertz CT molecular complexity index is 1770. The first kappa shape index (κ1) is 25.0. The molecule has 9 nitrogen and oxygen atoms in total. The first-order chi connectivity index (χ1) is 20.8. The Balaban J connectivity index is 1.12. The van der Waals surface area contributed by atoms with Gasteiger partial charge < -0.3 is 14.4 Å². The molecule has 6 aromatic rings. The molecular formula is C33H31N7O2. The molecule has 0 saturated carbocycles. The number of aromatic amines is 2. The van der Waals surface area contributed by atoms with Gasteiger partial charge in [-0.2, -0.15) is 10.2 Å². The topological polar surface area (TPSA) is 95.2 Å². The van der Waals surface area contributed by atoms with Crippen molar-refractivity contribution in [3.05, 3.63) is 79.3 Å². The second kappa shape index (κ2) is 10.6. The summed E-state index contributed by atoms with van der Waals surface area (Å²) in [5.74, 6) is 2.46. The predicted octanol–water partition coefficient (Wildman–Crippen LogP) is 6.52. The third kappa shape index (κ3) is 4.66. The fourth-order valence-corrected chi connectivity index (χ4v) is 6.01. The zero-order valence-corrected chi connectivity index (χ0v) is 23.2. The Labute approximate surface area is 243 Å². The predicted molar refractivity (Wildman–Crippen MR) is 164 cm³/mol. The minimum Gasteiger partial charge on any atom is -0.451 e. The second-order valence-electron chi connectivity index (χ2n) is 11.0. The molecule has 3 aromatic heterocycles. The largest absolute Gasteiger partial charge is 0.451 e. The maximum absolute atomic E-state index is 6.62. The van der Waals surface area contributed by atoms with E-state index in [9.17, 15) is 0 Å². The van der Waals surface area contributed by atoms with Crippen LogP contribution in [0, 0.1) is 0 Å². The van der Waals surface area contributed by atoms with Crippen molar-refractivity contribution in [2.24, 2.45) is 0 Å². The van der Waals surface area contributed by atoms with Gasteiger partial charge in [0.2, 0.25) is 0 Å². The highest BCUT2D eigenvalue weighted by Gasteiger charge is 2.27. The number of nitrogens with one attached hydrogen (secondary N) is 2. The summed E-state index contributed by atoms with van der Waals surface area (Å²) < 4.78 is 12.1. The first-order valence-corrected chi connectivity index (χ1v) is 14.6. The number of hydrogen-bond acceptors (Lipinski definition) is 7. The molecule has 5 heterocycles. The number of benzene rings is 3. The minimum absolute atomic E-state index is 0.767. The summed E-state index contributed by atoms with van der Waals surface area (Å²) in [5, 5.41) is 16.6. The van der Waals surface area contributed by atoms with Crippen LogP contribution in [-0.4, -0.2) is 69.7 Å². The van der Waals surface area contributed by atoms with Gasteiger partial charge >= 0.3 is 0 Å². The van der Waals surface area contributed by atoms with E-state index in [0.717, 1.165) is 119 Å². The van der Waals surface area contributed by atoms with E-state index < -0.39 is 0 Å². The van der Waals surface area contributed by atoms with E-state index >= 15 is 0 Å². The number of fused-ring (bicyclic) bond motifs is 4. The molecule has 210 valence electrons. The number of hydrogen-bond donors (Lipinski definition) is 2. The Morgan fingerprint density at radius 3 is 2.07 bits per heavy atom. The zero-order valence-electron chi connectivity index (χ0n) is 23.2. The molecule has 0 atom stereocenters. The summed E-state index contributed by atoms with van der Waals surface area (Å²) in [6.45, 7) is 5.66. The van der Waals surface area contributed by atoms with Crippen LogP contribution in [0.1, 0.15) is 12.8 Å². The van der Waals surface area contributed by atoms with E-state index in [1.807, 2.05) is 18.6 Å². The lowest BCUT2D eigenvalue weighted by atomic mass is 10.0. The minimum atomic E-state index is 0.767. The van der Waals surface area contributed by atoms with Crippen molar-refractivity contribution in [2.45, 2.75) is 12.8 Å². The third-order valence-corrected chi connectivity index (χ3v) is 8.32. The Hall–Kier alpha value is -4.73. The van der Waals surface area contributed by atoms with Crippen molar-refractivity contribution < 1.29 is 9.47 Å². The van der Waals surface area contributed by atoms with E-state index in [0.29, 0.717) is 0 Å². The molecule has 0 aliphatic carbocycles. The van der Waals surface area contributed by atoms with Crippen LogP contribution < -0.4 is 9.64 Å². The van der Waals surface area contributed by atoms with Crippen LogP contribution in [0.3, 0.4) is 0 Å². The number of rotatable bonds is 7. The average molecular weight is 558 g/mol. The molecular weight excluding hydrogens is 526 g/mol. The molecule has 0 spiro atoms. The summed E-state index contributed by atoms with van der Waals surface area (Å²) in [6.07, 6.45) is 7.82. The lowest BCUT2D eigenvalue weighted by molar-refractivity contribution is 0.0373. The van der Waals surface area contributed by atoms with E-state index in [1.54, 1.807) is 0 Å². The molecule has 0 bridgehead atoms. The average Bonchev–Trinajstić information content (AvgIpc) is 3.71. The van der Waals surface area contributed by atoms with E-state index in [-0.39, 0.29) is 0 Å². The smallest absolute Gasteiger partial charge is 0.176 e. The summed E-state index contributed by atoms with van der Waals surface area (Å²) in [4.78, 5) is 9.78. The molecule has 1 saturated heterocycles. The number of morpholine rings is 1. The fourth-order valence-electron chi connectivity index (χ4n) is 6.01. The summed E-state index contributed by atoms with van der Waals surface area (Å²) >= 11 is 0. The van der Waals surface area contributed by atoms with Gasteiger partial charge in [-0.3, -0.25) is 15.1 Å². The van der Waals surface area contributed by atoms with Gasteiger partial charge in [0.05, 0.1) is 42.3 Å². The lowest BCUT2D eigenvalue weighted by Crippen LogP contribution is -2.37. The maximum Gasteiger partial charge on any atom is 0.176 e. The van der Waals surface area contributed by atoms with Crippen LogP contribution in [-0.2, 0) is 4.74 Å². The van der Waals surface area contributed by atoms with Gasteiger partial charge in [0.15, 0.2) is 17.3 Å². The molecule has 3 aromatic carbocycles. The second-order valence-corrected chi connectivity index (χ2v) is 11.0. The number of nitrogens with zero attached hydrogens (tertiary/aromatic N) is 5. The molecule has 1 fully saturated rings. The summed E-state index contributed by atoms with van der Waals surface area (Å²) in [5.41, 5.74) is 7.39. The number of pyridine rings is 1. The lowest BCUT2D eigenvalue weighted by Gasteiger charge is -2.33. The fraction of sp³-hybridized carbons (Fsp3) is 0.242. The highest BCUT2D eigenvalue weighted by Crippen LogP contribution is 2.48. The standard InChI is InChI=1S/C33H31N7O2/c1(9-39-11-13-41-14-12-39)2-10-40-30-8-5-24(22-3-6-28-26(15-22)20-35-37-28)17-31(30)42-32-18-25(19-34-33(32)40)23-4-7-29-27(16-23)21-36-38-29/h3-8,15-21H,1-2,9-14H2,(H,35,37)(H,36,38). The normalized spacial score (nSPS) is 15.1. The summed E-state index contributed by atoms with van der Waals surface area (Å²) in [7, 11) is 0. The van der Waals surface area contributed by atoms with Crippen LogP contribution in [0.5, 0.6) is 11.5 Å². The molecule has 2 N–H and O–H groups in total. The first-order valence-electron chi connectivity index (χ1n) is 14.6. The van der Waals surface area contributed by atoms with Crippen LogP contribution in [0.4, 0.5) is 11.5 Å². The Kier molecular flexibility index (Phi) is 6.31. The van der Waals surface area contributed by atoms with Crippen molar-refractivity contribution in [3.63, 3.8) is 0 Å². The van der Waals surface area contributed by atoms with Crippen molar-refractivity contribution >= 4 is 33.3 Å². The van der Waals surface area contributed by atoms with Gasteiger partial charge in [-0.1, -0.05) is 18.2 Å². The van der Waals surface area contributed by atoms with Crippen LogP contribution in [0.15, 0.2) is 79.3 Å². The monoisotopic (exact) mass is 557 g/mol. The summed E-state index contributed by atoms with van der Waals surface area (Å²) in [6, 6.07) is 21.2. The number of H-pyrrole nitrogens is 2. The molecule has 2 aliphatic heterocycles. The number of aromatic nitrogens is 5. The molecule has 42 heavy (non-hydrogen) atoms. The van der Waals surface area contributed by atoms with Gasteiger partial charge in [-0.05, 0) is 78.5 Å². The molecule has 0 radical (unpaired) electrons. The zero-order chi connectivity index (χ0) is 27.9. The molecule has 0 unspecified atom stereocenters. The Morgan fingerprint density at radius 2 is 1.31 bits per heavy atom. The van der Waals surface area contributed by atoms with E-state index in [2.05, 4.69) is 90.9 Å². The van der Waals surface area contributed by atoms with Crippen molar-refractivity contribution in [1.82, 2.24) is 30.3 Å². The number of anilines is 2. The SMILES string of the molecule is c1cc2c(cc1-c1ccc3[nH]ncc3c1)Oc1cc(-c3ccc4[nH]ncc4c3)cnc1N2CCCCN1CCOCC1. The van der Waals surface area contributed by atoms with Crippen molar-refractivity contribution in [1.29, 1.82) is 0 Å². The quantitative estimate of drug-likeness (QED) is 0.216. The van der Waals surface area contributed by atoms with Crippen LogP contribution in [0.25, 0.3) is 44.1 Å². The van der Waals surface area contributed by atoms with Crippen molar-refractivity contribution in [3.8, 4) is 33.8 Å². The third-order valence-electron chi connectivity index (χ3n) is 8.32. The highest BCUT2D eigenvalue weighted by atomic mass is 16.5. The number of unbranched alkanes of at least 4 members (excludes halogenated alkanes) is 1. The van der Waals surface area contributed by atoms with Crippen molar-refractivity contribution in [2.75, 3.05) is 44.3 Å². The van der Waals surface area contributed by atoms with E-state index in [4.69, 9.17) is 14.5 Å².